The van der Waals surface area contributed by atoms with Gasteiger partial charge in [0.2, 0.25) is 5.79 Å². The average molecular weight is 415 g/mol. The minimum atomic E-state index is -0.882. The summed E-state index contributed by atoms with van der Waals surface area (Å²) in [6, 6.07) is 8.45. The van der Waals surface area contributed by atoms with Gasteiger partial charge in [-0.05, 0) is 25.8 Å². The van der Waals surface area contributed by atoms with Gasteiger partial charge >= 0.3 is 6.01 Å². The van der Waals surface area contributed by atoms with E-state index in [9.17, 15) is 0 Å². The number of rotatable bonds is 11. The third-order valence-corrected chi connectivity index (χ3v) is 5.37. The lowest BCUT2D eigenvalue weighted by Crippen LogP contribution is -2.33. The standard InChI is InChI=1S/C24H34N2O4/c1-5-6-7-8-9-10-15-28-22-25-16-20(17-26-22)19-11-13-21(14-12-19)24(27-4)18-29-23(2,3)30-24/h11-14,16-17H,5-10,15,18H2,1-4H3/t24-/m1/s1. The summed E-state index contributed by atoms with van der Waals surface area (Å²) in [5.74, 6) is -1.55. The summed E-state index contributed by atoms with van der Waals surface area (Å²) in [6.45, 7) is 7.01. The molecule has 0 unspecified atom stereocenters. The molecule has 0 radical (unpaired) electrons. The van der Waals surface area contributed by atoms with Crippen LogP contribution in [0.4, 0.5) is 0 Å². The molecule has 164 valence electrons. The Balaban J connectivity index is 1.54. The van der Waals surface area contributed by atoms with Crippen LogP contribution in [0.15, 0.2) is 36.7 Å². The number of hydrogen-bond donors (Lipinski definition) is 0. The van der Waals surface area contributed by atoms with Crippen LogP contribution in [0.25, 0.3) is 11.1 Å². The second kappa shape index (κ2) is 10.3. The van der Waals surface area contributed by atoms with Gasteiger partial charge in [-0.15, -0.1) is 0 Å². The van der Waals surface area contributed by atoms with E-state index in [-0.39, 0.29) is 0 Å². The van der Waals surface area contributed by atoms with E-state index in [1.807, 2.05) is 38.1 Å². The fourth-order valence-electron chi connectivity index (χ4n) is 3.59. The maximum atomic E-state index is 6.02. The lowest BCUT2D eigenvalue weighted by atomic mass is 10.0. The first-order chi connectivity index (χ1) is 14.5. The molecule has 0 bridgehead atoms. The summed E-state index contributed by atoms with van der Waals surface area (Å²) in [5, 5.41) is 0. The Kier molecular flexibility index (Phi) is 7.81. The van der Waals surface area contributed by atoms with Gasteiger partial charge in [0, 0.05) is 30.6 Å². The third-order valence-electron chi connectivity index (χ3n) is 5.37. The molecule has 0 aliphatic carbocycles. The van der Waals surface area contributed by atoms with E-state index < -0.39 is 11.6 Å². The number of nitrogens with zero attached hydrogens (tertiary/aromatic N) is 2. The van der Waals surface area contributed by atoms with E-state index in [4.69, 9.17) is 18.9 Å². The zero-order chi connectivity index (χ0) is 21.5. The quantitative estimate of drug-likeness (QED) is 0.455. The summed E-state index contributed by atoms with van der Waals surface area (Å²) in [7, 11) is 1.64. The van der Waals surface area contributed by atoms with Crippen LogP contribution in [-0.4, -0.2) is 36.1 Å². The van der Waals surface area contributed by atoms with Gasteiger partial charge in [-0.1, -0.05) is 63.3 Å². The van der Waals surface area contributed by atoms with Crippen LogP contribution in [0.3, 0.4) is 0 Å². The summed E-state index contributed by atoms with van der Waals surface area (Å²) in [4.78, 5) is 8.70. The first kappa shape index (κ1) is 22.7. The minimum Gasteiger partial charge on any atom is -0.463 e. The van der Waals surface area contributed by atoms with Gasteiger partial charge in [0.05, 0.1) is 6.61 Å². The van der Waals surface area contributed by atoms with Gasteiger partial charge in [0.25, 0.3) is 0 Å². The SMILES string of the molecule is CCCCCCCCOc1ncc(-c2ccc([C@@]3(OC)COC(C)(C)O3)cc2)cn1. The van der Waals surface area contributed by atoms with Crippen molar-refractivity contribution in [3.63, 3.8) is 0 Å². The second-order valence-electron chi connectivity index (χ2n) is 8.20. The Morgan fingerprint density at radius 3 is 2.20 bits per heavy atom. The highest BCUT2D eigenvalue weighted by atomic mass is 16.8. The zero-order valence-electron chi connectivity index (χ0n) is 18.6. The number of hydrogen-bond acceptors (Lipinski definition) is 6. The average Bonchev–Trinajstić information content (AvgIpc) is 3.10. The molecule has 1 aromatic heterocycles. The monoisotopic (exact) mass is 414 g/mol. The van der Waals surface area contributed by atoms with Gasteiger partial charge < -0.3 is 18.9 Å². The Morgan fingerprint density at radius 1 is 0.933 bits per heavy atom. The van der Waals surface area contributed by atoms with E-state index >= 15 is 0 Å². The van der Waals surface area contributed by atoms with Gasteiger partial charge in [0.1, 0.15) is 6.61 Å². The predicted molar refractivity (Wildman–Crippen MR) is 116 cm³/mol. The molecule has 0 amide bonds. The molecular weight excluding hydrogens is 380 g/mol. The van der Waals surface area contributed by atoms with Crippen LogP contribution < -0.4 is 4.74 Å². The van der Waals surface area contributed by atoms with Crippen LogP contribution in [0.1, 0.15) is 64.9 Å². The fraction of sp³-hybridized carbons (Fsp3) is 0.583. The maximum absolute atomic E-state index is 6.02. The molecule has 6 nitrogen and oxygen atoms in total. The Labute approximate surface area is 179 Å². The number of unbranched alkanes of at least 4 members (excludes halogenated alkanes) is 5. The van der Waals surface area contributed by atoms with E-state index in [1.165, 1.54) is 32.1 Å². The molecule has 6 heteroatoms. The van der Waals surface area contributed by atoms with Crippen LogP contribution in [0.5, 0.6) is 6.01 Å². The molecule has 0 N–H and O–H groups in total. The highest BCUT2D eigenvalue weighted by Gasteiger charge is 2.47. The summed E-state index contributed by atoms with van der Waals surface area (Å²) in [6.07, 6.45) is 11.0. The number of methoxy groups -OCH3 is 1. The molecule has 3 rings (SSSR count). The number of benzene rings is 1. The second-order valence-corrected chi connectivity index (χ2v) is 8.20. The molecule has 1 fully saturated rings. The van der Waals surface area contributed by atoms with Crippen molar-refractivity contribution in [1.29, 1.82) is 0 Å². The molecule has 1 atom stereocenters. The largest absolute Gasteiger partial charge is 0.463 e. The molecular formula is C24H34N2O4. The molecule has 0 spiro atoms. The minimum absolute atomic E-state index is 0.351. The van der Waals surface area contributed by atoms with E-state index in [0.29, 0.717) is 19.2 Å². The topological polar surface area (TPSA) is 62.7 Å². The third kappa shape index (κ3) is 5.78. The Bertz CT molecular complexity index is 777. The lowest BCUT2D eigenvalue weighted by Gasteiger charge is -2.28. The summed E-state index contributed by atoms with van der Waals surface area (Å²) < 4.78 is 23.1. The van der Waals surface area contributed by atoms with Gasteiger partial charge in [-0.25, -0.2) is 9.97 Å². The maximum Gasteiger partial charge on any atom is 0.316 e. The van der Waals surface area contributed by atoms with Gasteiger partial charge in [0.15, 0.2) is 5.79 Å². The van der Waals surface area contributed by atoms with Crippen molar-refractivity contribution in [2.45, 2.75) is 70.9 Å². The van der Waals surface area contributed by atoms with Crippen molar-refractivity contribution in [2.24, 2.45) is 0 Å². The normalized spacial score (nSPS) is 20.4. The van der Waals surface area contributed by atoms with Crippen molar-refractivity contribution < 1.29 is 18.9 Å². The summed E-state index contributed by atoms with van der Waals surface area (Å²) in [5.41, 5.74) is 2.87. The lowest BCUT2D eigenvalue weighted by molar-refractivity contribution is -0.249. The van der Waals surface area contributed by atoms with Crippen molar-refractivity contribution in [3.05, 3.63) is 42.2 Å². The molecule has 2 aromatic rings. The van der Waals surface area contributed by atoms with Crippen molar-refractivity contribution >= 4 is 0 Å². The van der Waals surface area contributed by atoms with Crippen molar-refractivity contribution in [2.75, 3.05) is 20.3 Å². The highest BCUT2D eigenvalue weighted by Crippen LogP contribution is 2.39. The van der Waals surface area contributed by atoms with Crippen LogP contribution in [0, 0.1) is 0 Å². The van der Waals surface area contributed by atoms with Crippen LogP contribution in [-0.2, 0) is 20.0 Å². The van der Waals surface area contributed by atoms with Crippen molar-refractivity contribution in [1.82, 2.24) is 9.97 Å². The molecule has 1 saturated heterocycles. The molecule has 2 heterocycles. The van der Waals surface area contributed by atoms with E-state index in [2.05, 4.69) is 16.9 Å². The first-order valence-electron chi connectivity index (χ1n) is 10.9. The molecule has 30 heavy (non-hydrogen) atoms. The van der Waals surface area contributed by atoms with Gasteiger partial charge in [-0.3, -0.25) is 0 Å². The Morgan fingerprint density at radius 2 is 1.60 bits per heavy atom. The van der Waals surface area contributed by atoms with Crippen LogP contribution >= 0.6 is 0 Å². The molecule has 1 aliphatic heterocycles. The van der Waals surface area contributed by atoms with Crippen molar-refractivity contribution in [3.8, 4) is 17.1 Å². The number of ether oxygens (including phenoxy) is 4. The molecule has 0 saturated carbocycles. The van der Waals surface area contributed by atoms with E-state index in [0.717, 1.165) is 23.1 Å². The first-order valence-corrected chi connectivity index (χ1v) is 10.9. The van der Waals surface area contributed by atoms with E-state index in [1.54, 1.807) is 19.5 Å². The fourth-order valence-corrected chi connectivity index (χ4v) is 3.59. The predicted octanol–water partition coefficient (Wildman–Crippen LogP) is 5.47. The molecule has 1 aliphatic rings. The van der Waals surface area contributed by atoms with Crippen LogP contribution in [0.2, 0.25) is 0 Å². The molecule has 1 aromatic carbocycles. The van der Waals surface area contributed by atoms with Gasteiger partial charge in [-0.2, -0.15) is 0 Å². The smallest absolute Gasteiger partial charge is 0.316 e. The number of aromatic nitrogens is 2. The highest BCUT2D eigenvalue weighted by molar-refractivity contribution is 5.62. The summed E-state index contributed by atoms with van der Waals surface area (Å²) >= 11 is 0. The zero-order valence-corrected chi connectivity index (χ0v) is 18.6. The Hall–Kier alpha value is -2.02.